The van der Waals surface area contributed by atoms with Crippen molar-refractivity contribution in [1.29, 1.82) is 0 Å². The van der Waals surface area contributed by atoms with Crippen LogP contribution in [0.25, 0.3) is 0 Å². The van der Waals surface area contributed by atoms with E-state index in [1.54, 1.807) is 4.90 Å². The predicted octanol–water partition coefficient (Wildman–Crippen LogP) is 3.12. The Bertz CT molecular complexity index is 1490. The highest BCUT2D eigenvalue weighted by atomic mass is 16.7. The third-order valence-corrected chi connectivity index (χ3v) is 10.6. The molecule has 1 unspecified atom stereocenters. The molecule has 0 aliphatic carbocycles. The van der Waals surface area contributed by atoms with Crippen molar-refractivity contribution < 1.29 is 28.5 Å². The number of benzene rings is 2. The first kappa shape index (κ1) is 42.0. The van der Waals surface area contributed by atoms with Gasteiger partial charge in [-0.2, -0.15) is 0 Å². The van der Waals surface area contributed by atoms with Crippen molar-refractivity contribution >= 4 is 30.7 Å². The maximum atomic E-state index is 14.0. The fourth-order valence-electron chi connectivity index (χ4n) is 6.81. The Kier molecular flexibility index (Phi) is 15.1. The third kappa shape index (κ3) is 11.9. The van der Waals surface area contributed by atoms with Crippen LogP contribution >= 0.6 is 0 Å². The molecule has 0 aromatic heterocycles. The number of unbranched alkanes of at least 4 members (excludes halogenated alkanes) is 1. The van der Waals surface area contributed by atoms with Gasteiger partial charge in [-0.15, -0.1) is 0 Å². The quantitative estimate of drug-likeness (QED) is 0.115. The van der Waals surface area contributed by atoms with Gasteiger partial charge in [-0.3, -0.25) is 19.2 Å². The van der Waals surface area contributed by atoms with Crippen LogP contribution in [-0.4, -0.2) is 90.7 Å². The van der Waals surface area contributed by atoms with Crippen molar-refractivity contribution in [1.82, 2.24) is 20.9 Å². The van der Waals surface area contributed by atoms with Gasteiger partial charge in [0.25, 0.3) is 0 Å². The second-order valence-corrected chi connectivity index (χ2v) is 16.0. The summed E-state index contributed by atoms with van der Waals surface area (Å²) >= 11 is 0. The van der Waals surface area contributed by atoms with Crippen LogP contribution in [0.4, 0.5) is 0 Å². The molecule has 2 aromatic carbocycles. The lowest BCUT2D eigenvalue weighted by Crippen LogP contribution is -2.58. The summed E-state index contributed by atoms with van der Waals surface area (Å²) in [5, 5.41) is 8.76. The molecule has 2 saturated heterocycles. The number of rotatable bonds is 18. The molecule has 12 nitrogen and oxygen atoms in total. The molecule has 2 heterocycles. The molecule has 2 aromatic rings. The Morgan fingerprint density at radius 3 is 1.89 bits per heavy atom. The summed E-state index contributed by atoms with van der Waals surface area (Å²) < 4.78 is 12.6. The van der Waals surface area contributed by atoms with Gasteiger partial charge >= 0.3 is 7.12 Å². The topological polar surface area (TPSA) is 178 Å². The van der Waals surface area contributed by atoms with E-state index in [0.717, 1.165) is 17.5 Å². The predicted molar refractivity (Wildman–Crippen MR) is 207 cm³/mol. The molecular formula is C40H61BN6O6. The number of nitrogens with two attached hydrogens (primary N) is 2. The van der Waals surface area contributed by atoms with Crippen LogP contribution in [0.2, 0.25) is 5.82 Å². The Balaban J connectivity index is 1.46. The molecular weight excluding hydrogens is 671 g/mol. The summed E-state index contributed by atoms with van der Waals surface area (Å²) in [6, 6.07) is 15.2. The smallest absolute Gasteiger partial charge is 0.403 e. The first-order chi connectivity index (χ1) is 25.1. The monoisotopic (exact) mass is 732 g/mol. The number of carbonyl (C=O) groups is 4. The second-order valence-electron chi connectivity index (χ2n) is 16.0. The van der Waals surface area contributed by atoms with Gasteiger partial charge in [0, 0.05) is 25.3 Å². The molecule has 53 heavy (non-hydrogen) atoms. The highest BCUT2D eigenvalue weighted by Gasteiger charge is 2.55. The van der Waals surface area contributed by atoms with E-state index in [1.165, 1.54) is 0 Å². The Morgan fingerprint density at radius 1 is 0.792 bits per heavy atom. The molecule has 4 rings (SSSR count). The number of amides is 4. The number of nitrogens with zero attached hydrogens (tertiary/aromatic N) is 1. The van der Waals surface area contributed by atoms with Crippen molar-refractivity contribution in [3.8, 4) is 0 Å². The first-order valence-corrected chi connectivity index (χ1v) is 19.2. The Labute approximate surface area is 316 Å². The van der Waals surface area contributed by atoms with E-state index < -0.39 is 60.2 Å². The fourth-order valence-corrected chi connectivity index (χ4v) is 6.81. The number of likely N-dealkylation sites (tertiary alicyclic amines) is 1. The largest absolute Gasteiger partial charge is 0.463 e. The van der Waals surface area contributed by atoms with Crippen molar-refractivity contribution in [3.05, 3.63) is 71.8 Å². The van der Waals surface area contributed by atoms with E-state index in [-0.39, 0.29) is 24.1 Å². The standard InChI is InChI=1S/C40H61BN6O6/c1-27(2)23-33(46-37(50)34(25-29-17-11-8-12-18-29)45-35(48)31(43)24-28-15-9-7-10-16-28)36(49)44-32(19-13-14-21-42)38(51)47-22-20-30(26-47)41-52-39(3,4)40(5,6)53-41/h7-12,15-18,27,30-34H,13-14,19-26,42-43H2,1-6H3,(H,44,49)(H,45,48)(H,46,50)/t30?,31-,32-,33-,34-/m1/s1. The van der Waals surface area contributed by atoms with Gasteiger partial charge in [-0.25, -0.2) is 0 Å². The zero-order chi connectivity index (χ0) is 38.8. The molecule has 0 bridgehead atoms. The Morgan fingerprint density at radius 2 is 1.32 bits per heavy atom. The number of nitrogens with one attached hydrogen (secondary N) is 3. The van der Waals surface area contributed by atoms with Crippen molar-refractivity contribution in [2.24, 2.45) is 17.4 Å². The van der Waals surface area contributed by atoms with Crippen molar-refractivity contribution in [2.45, 2.75) is 128 Å². The second kappa shape index (κ2) is 19.0. The lowest BCUT2D eigenvalue weighted by molar-refractivity contribution is -0.137. The van der Waals surface area contributed by atoms with E-state index in [2.05, 4.69) is 16.0 Å². The summed E-state index contributed by atoms with van der Waals surface area (Å²) in [6.45, 7) is 13.4. The molecule has 0 spiro atoms. The van der Waals surface area contributed by atoms with Crippen LogP contribution in [-0.2, 0) is 41.3 Å². The molecule has 2 fully saturated rings. The van der Waals surface area contributed by atoms with Crippen molar-refractivity contribution in [3.63, 3.8) is 0 Å². The fraction of sp³-hybridized carbons (Fsp3) is 0.600. The van der Waals surface area contributed by atoms with Crippen LogP contribution in [0.3, 0.4) is 0 Å². The van der Waals surface area contributed by atoms with Gasteiger partial charge in [-0.05, 0) is 89.8 Å². The zero-order valence-electron chi connectivity index (χ0n) is 32.4. The number of hydrogen-bond donors (Lipinski definition) is 5. The van der Waals surface area contributed by atoms with Crippen LogP contribution in [0.15, 0.2) is 60.7 Å². The summed E-state index contributed by atoms with van der Waals surface area (Å²) in [5.74, 6) is -1.56. The van der Waals surface area contributed by atoms with E-state index in [0.29, 0.717) is 51.7 Å². The minimum absolute atomic E-state index is 0.00550. The molecule has 4 amide bonds. The van der Waals surface area contributed by atoms with Crippen LogP contribution in [0, 0.1) is 5.92 Å². The average Bonchev–Trinajstić information content (AvgIpc) is 3.69. The highest BCUT2D eigenvalue weighted by molar-refractivity contribution is 6.47. The van der Waals surface area contributed by atoms with E-state index in [4.69, 9.17) is 20.8 Å². The maximum absolute atomic E-state index is 14.0. The first-order valence-electron chi connectivity index (χ1n) is 19.2. The van der Waals surface area contributed by atoms with Gasteiger partial charge in [0.05, 0.1) is 17.2 Å². The van der Waals surface area contributed by atoms with Gasteiger partial charge in [0.2, 0.25) is 23.6 Å². The summed E-state index contributed by atoms with van der Waals surface area (Å²) in [4.78, 5) is 57.2. The SMILES string of the molecule is CC(C)C[C@@H](NC(=O)[C@@H](Cc1ccccc1)NC(=O)[C@H](N)Cc1ccccc1)C(=O)N[C@H](CCCCN)C(=O)N1CCC(B2OC(C)(C)C(C)(C)O2)C1. The molecule has 0 saturated carbocycles. The minimum atomic E-state index is -0.993. The van der Waals surface area contributed by atoms with Crippen LogP contribution in [0.1, 0.15) is 84.8 Å². The molecule has 290 valence electrons. The highest BCUT2D eigenvalue weighted by Crippen LogP contribution is 2.42. The zero-order valence-corrected chi connectivity index (χ0v) is 32.4. The van der Waals surface area contributed by atoms with E-state index >= 15 is 0 Å². The van der Waals surface area contributed by atoms with Crippen molar-refractivity contribution in [2.75, 3.05) is 19.6 Å². The van der Waals surface area contributed by atoms with E-state index in [9.17, 15) is 19.2 Å². The van der Waals surface area contributed by atoms with Gasteiger partial charge in [-0.1, -0.05) is 74.5 Å². The molecule has 0 radical (unpaired) electrons. The maximum Gasteiger partial charge on any atom is 0.463 e. The molecule has 13 heteroatoms. The van der Waals surface area contributed by atoms with Gasteiger partial charge < -0.3 is 41.6 Å². The van der Waals surface area contributed by atoms with E-state index in [1.807, 2.05) is 102 Å². The lowest BCUT2D eigenvalue weighted by atomic mass is 9.71. The molecule has 5 atom stereocenters. The minimum Gasteiger partial charge on any atom is -0.403 e. The summed E-state index contributed by atoms with van der Waals surface area (Å²) in [7, 11) is -0.425. The summed E-state index contributed by atoms with van der Waals surface area (Å²) in [5.41, 5.74) is 12.9. The molecule has 7 N–H and O–H groups in total. The van der Waals surface area contributed by atoms with Crippen LogP contribution < -0.4 is 27.4 Å². The average molecular weight is 733 g/mol. The lowest BCUT2D eigenvalue weighted by Gasteiger charge is -2.32. The molecule has 2 aliphatic rings. The van der Waals surface area contributed by atoms with Gasteiger partial charge in [0.1, 0.15) is 18.1 Å². The van der Waals surface area contributed by atoms with Crippen LogP contribution in [0.5, 0.6) is 0 Å². The number of carbonyl (C=O) groups excluding carboxylic acids is 4. The summed E-state index contributed by atoms with van der Waals surface area (Å²) in [6.07, 6.45) is 3.32. The normalized spacial score (nSPS) is 20.1. The van der Waals surface area contributed by atoms with Gasteiger partial charge in [0.15, 0.2) is 0 Å². The molecule has 2 aliphatic heterocycles. The number of hydrogen-bond acceptors (Lipinski definition) is 8. The Hall–Kier alpha value is -3.78. The third-order valence-electron chi connectivity index (χ3n) is 10.6.